The molecule has 1 saturated heterocycles. The van der Waals surface area contributed by atoms with E-state index in [-0.39, 0.29) is 37.2 Å². The Hall–Kier alpha value is -4.06. The average Bonchev–Trinajstić information content (AvgIpc) is 3.68. The Bertz CT molecular complexity index is 1820. The molecular formula is C37H45N3O8. The van der Waals surface area contributed by atoms with Gasteiger partial charge in [-0.25, -0.2) is 4.79 Å². The minimum Gasteiger partial charge on any atom is -0.493 e. The number of amides is 1. The monoisotopic (exact) mass is 659 g/mol. The van der Waals surface area contributed by atoms with Gasteiger partial charge in [-0.3, -0.25) is 4.79 Å². The third-order valence-electron chi connectivity index (χ3n) is 11.0. The van der Waals surface area contributed by atoms with Crippen LogP contribution in [-0.4, -0.2) is 75.0 Å². The second kappa shape index (κ2) is 12.8. The van der Waals surface area contributed by atoms with Crippen molar-refractivity contribution in [3.05, 3.63) is 59.5 Å². The number of H-pyrrole nitrogens is 1. The first-order valence-corrected chi connectivity index (χ1v) is 17.1. The molecule has 1 aliphatic heterocycles. The summed E-state index contributed by atoms with van der Waals surface area (Å²) in [7, 11) is 0. The van der Waals surface area contributed by atoms with E-state index in [1.54, 1.807) is 24.5 Å². The van der Waals surface area contributed by atoms with E-state index in [2.05, 4.69) is 9.88 Å². The number of aliphatic hydroxyl groups is 2. The molecule has 0 radical (unpaired) electrons. The van der Waals surface area contributed by atoms with Crippen LogP contribution >= 0.6 is 0 Å². The zero-order chi connectivity index (χ0) is 33.6. The van der Waals surface area contributed by atoms with Gasteiger partial charge in [0, 0.05) is 47.6 Å². The van der Waals surface area contributed by atoms with Crippen molar-refractivity contribution in [1.29, 1.82) is 0 Å². The maximum Gasteiger partial charge on any atom is 0.352 e. The summed E-state index contributed by atoms with van der Waals surface area (Å²) >= 11 is 0. The van der Waals surface area contributed by atoms with Gasteiger partial charge in [0.25, 0.3) is 0 Å². The lowest BCUT2D eigenvalue weighted by molar-refractivity contribution is -0.127. The number of nitrogens with zero attached hydrogens (tertiary/aromatic N) is 1. The molecule has 3 heterocycles. The highest BCUT2D eigenvalue weighted by Gasteiger charge is 2.50. The first-order chi connectivity index (χ1) is 23.0. The van der Waals surface area contributed by atoms with Gasteiger partial charge in [0.2, 0.25) is 5.91 Å². The minimum atomic E-state index is -1.32. The summed E-state index contributed by atoms with van der Waals surface area (Å²) in [5, 5.41) is 33.5. The number of carbonyl (C=O) groups is 2. The predicted octanol–water partition coefficient (Wildman–Crippen LogP) is 5.10. The van der Waals surface area contributed by atoms with Crippen molar-refractivity contribution in [2.24, 2.45) is 17.6 Å². The predicted molar refractivity (Wildman–Crippen MR) is 179 cm³/mol. The van der Waals surface area contributed by atoms with Crippen LogP contribution in [0.15, 0.2) is 47.1 Å². The van der Waals surface area contributed by atoms with E-state index in [4.69, 9.17) is 19.6 Å². The fourth-order valence-electron chi connectivity index (χ4n) is 7.69. The molecule has 2 atom stereocenters. The molecule has 11 nitrogen and oxygen atoms in total. The maximum absolute atomic E-state index is 13.4. The molecule has 1 amide bonds. The zero-order valence-electron chi connectivity index (χ0n) is 27.4. The van der Waals surface area contributed by atoms with Crippen molar-refractivity contribution in [3.8, 4) is 11.5 Å². The molecule has 2 aromatic carbocycles. The molecule has 2 aromatic heterocycles. The highest BCUT2D eigenvalue weighted by molar-refractivity contribution is 6.05. The average molecular weight is 660 g/mol. The molecule has 3 aliphatic rings. The third kappa shape index (κ3) is 6.26. The first-order valence-electron chi connectivity index (χ1n) is 17.1. The fourth-order valence-corrected chi connectivity index (χ4v) is 7.69. The summed E-state index contributed by atoms with van der Waals surface area (Å²) in [5.74, 6) is 0.176. The number of aliphatic hydroxyl groups excluding tert-OH is 1. The minimum absolute atomic E-state index is 0.0985. The largest absolute Gasteiger partial charge is 0.493 e. The van der Waals surface area contributed by atoms with Gasteiger partial charge >= 0.3 is 5.97 Å². The number of nitrogens with one attached hydrogen (secondary N) is 1. The standard InChI is InChI=1S/C37H45N3O8/c1-22-18-40(15-9-28(22)41)16-14-36(45)10-12-37(13-11-36,35(38)44)32-31-27(39-33(32)34(42)43)3-2-4-29(31)47-20-24-21-48-30-17-25(7-8-26(24)30)46-19-23-5-6-23/h2-4,7-8,17,21-23,28,39,41,45H,5-6,9-16,18-20H2,1H3,(H2,38,44)(H,42,43)/t22-,28-,36?,37?/m0/s1. The zero-order valence-corrected chi connectivity index (χ0v) is 27.4. The molecule has 2 saturated carbocycles. The molecule has 0 bridgehead atoms. The lowest BCUT2D eigenvalue weighted by atomic mass is 9.63. The molecule has 4 aromatic rings. The number of hydrogen-bond donors (Lipinski definition) is 5. The van der Waals surface area contributed by atoms with Crippen molar-refractivity contribution in [2.45, 2.75) is 82.0 Å². The van der Waals surface area contributed by atoms with Crippen molar-refractivity contribution in [2.75, 3.05) is 26.2 Å². The topological polar surface area (TPSA) is 171 Å². The van der Waals surface area contributed by atoms with Gasteiger partial charge < -0.3 is 44.8 Å². The molecule has 2 aliphatic carbocycles. The van der Waals surface area contributed by atoms with Crippen LogP contribution in [0.2, 0.25) is 0 Å². The van der Waals surface area contributed by atoms with Gasteiger partial charge in [-0.1, -0.05) is 13.0 Å². The van der Waals surface area contributed by atoms with Crippen molar-refractivity contribution in [1.82, 2.24) is 9.88 Å². The summed E-state index contributed by atoms with van der Waals surface area (Å²) in [6.07, 6.45) is 5.99. The fraction of sp³-hybridized carbons (Fsp3) is 0.514. The van der Waals surface area contributed by atoms with Crippen LogP contribution in [0.5, 0.6) is 11.5 Å². The van der Waals surface area contributed by atoms with Crippen LogP contribution in [0.25, 0.3) is 21.9 Å². The Morgan fingerprint density at radius 2 is 1.90 bits per heavy atom. The number of carboxylic acid groups (broad SMARTS) is 1. The van der Waals surface area contributed by atoms with Gasteiger partial charge in [0.1, 0.15) is 29.4 Å². The Morgan fingerprint density at radius 3 is 2.60 bits per heavy atom. The molecule has 0 unspecified atom stereocenters. The highest BCUT2D eigenvalue weighted by Crippen LogP contribution is 2.49. The number of aromatic nitrogens is 1. The molecule has 11 heteroatoms. The molecule has 7 rings (SSSR count). The van der Waals surface area contributed by atoms with E-state index in [1.165, 1.54) is 12.8 Å². The summed E-state index contributed by atoms with van der Waals surface area (Å²) in [5.41, 5.74) is 6.06. The first kappa shape index (κ1) is 32.5. The number of likely N-dealkylation sites (tertiary alicyclic amines) is 1. The number of furan rings is 1. The number of aromatic amines is 1. The lowest BCUT2D eigenvalue weighted by Gasteiger charge is -2.44. The number of fused-ring (bicyclic) bond motifs is 2. The second-order valence-electron chi connectivity index (χ2n) is 14.4. The summed E-state index contributed by atoms with van der Waals surface area (Å²) in [6.45, 7) is 5.12. The Kier molecular flexibility index (Phi) is 8.63. The van der Waals surface area contributed by atoms with Crippen molar-refractivity contribution >= 4 is 33.7 Å². The van der Waals surface area contributed by atoms with Crippen LogP contribution in [-0.2, 0) is 16.8 Å². The van der Waals surface area contributed by atoms with Gasteiger partial charge in [-0.15, -0.1) is 0 Å². The molecule has 48 heavy (non-hydrogen) atoms. The normalized spacial score (nSPS) is 26.6. The molecule has 3 fully saturated rings. The smallest absolute Gasteiger partial charge is 0.352 e. The van der Waals surface area contributed by atoms with Crippen LogP contribution < -0.4 is 15.2 Å². The van der Waals surface area contributed by atoms with E-state index >= 15 is 0 Å². The Balaban J connectivity index is 1.13. The van der Waals surface area contributed by atoms with Gasteiger partial charge in [0.05, 0.1) is 35.5 Å². The van der Waals surface area contributed by atoms with Crippen molar-refractivity contribution in [3.63, 3.8) is 0 Å². The number of primary amides is 1. The van der Waals surface area contributed by atoms with Gasteiger partial charge in [-0.2, -0.15) is 0 Å². The number of piperidine rings is 1. The molecular weight excluding hydrogens is 614 g/mol. The van der Waals surface area contributed by atoms with E-state index in [0.29, 0.717) is 72.6 Å². The number of ether oxygens (including phenoxy) is 2. The second-order valence-corrected chi connectivity index (χ2v) is 14.4. The molecule has 0 spiro atoms. The van der Waals surface area contributed by atoms with Crippen LogP contribution in [0.4, 0.5) is 0 Å². The number of nitrogens with two attached hydrogens (primary N) is 1. The number of carbonyl (C=O) groups excluding carboxylic acids is 1. The van der Waals surface area contributed by atoms with E-state index in [9.17, 15) is 24.9 Å². The maximum atomic E-state index is 13.4. The Morgan fingerprint density at radius 1 is 1.10 bits per heavy atom. The quantitative estimate of drug-likeness (QED) is 0.139. The summed E-state index contributed by atoms with van der Waals surface area (Å²) in [4.78, 5) is 31.4. The van der Waals surface area contributed by atoms with Gasteiger partial charge in [0.15, 0.2) is 0 Å². The lowest BCUT2D eigenvalue weighted by Crippen LogP contribution is -2.50. The molecule has 6 N–H and O–H groups in total. The third-order valence-corrected chi connectivity index (χ3v) is 11.0. The van der Waals surface area contributed by atoms with Crippen LogP contribution in [0.3, 0.4) is 0 Å². The summed E-state index contributed by atoms with van der Waals surface area (Å²) in [6, 6.07) is 11.1. The van der Waals surface area contributed by atoms with Crippen LogP contribution in [0.1, 0.15) is 79.9 Å². The number of carboxylic acids is 1. The summed E-state index contributed by atoms with van der Waals surface area (Å²) < 4.78 is 18.1. The number of benzene rings is 2. The van der Waals surface area contributed by atoms with E-state index in [1.807, 2.05) is 25.1 Å². The van der Waals surface area contributed by atoms with E-state index < -0.39 is 22.9 Å². The SMILES string of the molecule is C[C@H]1CN(CCC2(O)CCC(C(N)=O)(c3c(C(=O)O)[nH]c4cccc(OCc5coc6cc(OCC7CC7)ccc56)c34)CC2)CC[C@@H]1O. The highest BCUT2D eigenvalue weighted by atomic mass is 16.5. The van der Waals surface area contributed by atoms with Crippen molar-refractivity contribution < 1.29 is 38.8 Å². The number of hydrogen-bond acceptors (Lipinski definition) is 8. The number of aromatic carboxylic acids is 1. The number of rotatable bonds is 12. The van der Waals surface area contributed by atoms with Crippen LogP contribution in [0, 0.1) is 11.8 Å². The van der Waals surface area contributed by atoms with E-state index in [0.717, 1.165) is 29.8 Å². The van der Waals surface area contributed by atoms with Gasteiger partial charge in [-0.05, 0) is 87.5 Å². The Labute approximate surface area is 279 Å². The molecule has 256 valence electrons.